The van der Waals surface area contributed by atoms with Crippen molar-refractivity contribution in [2.75, 3.05) is 26.2 Å². The average Bonchev–Trinajstić information content (AvgIpc) is 3.73. The number of pyridine rings is 1. The van der Waals surface area contributed by atoms with Crippen LogP contribution in [0.1, 0.15) is 66.5 Å². The molecule has 0 bridgehead atoms. The lowest BCUT2D eigenvalue weighted by molar-refractivity contribution is -0.140. The molecule has 1 aliphatic heterocycles. The number of carbonyl (C=O) groups is 3. The van der Waals surface area contributed by atoms with Gasteiger partial charge in [-0.3, -0.25) is 19.3 Å². The zero-order valence-electron chi connectivity index (χ0n) is 26.0. The Hall–Kier alpha value is -4.09. The fourth-order valence-corrected chi connectivity index (χ4v) is 7.31. The molecule has 0 radical (unpaired) electrons. The van der Waals surface area contributed by atoms with Gasteiger partial charge in [0.15, 0.2) is 0 Å². The standard InChI is InChI=1S/C34H41N7O3S/c1-22-17-35-29(37-22)18-36-30(42)20-41-15-14-40(21-31(41)43)19-26-32(34(44)38-23(2)24-9-4-3-5-10-24)25-11-6-7-12-27(25)39-33(26)28-13-8-16-45-28/h6-8,11-13,16-17,23-24H,3-5,9-10,14-15,18-21H2,1-2H3,(H,35,37)(H,36,42)(H,38,44)/t23-/m0/s1. The number of nitrogens with zero attached hydrogens (tertiary/aromatic N) is 4. The van der Waals surface area contributed by atoms with E-state index in [4.69, 9.17) is 4.98 Å². The van der Waals surface area contributed by atoms with E-state index in [1.165, 1.54) is 19.3 Å². The van der Waals surface area contributed by atoms with Gasteiger partial charge in [0, 0.05) is 48.5 Å². The molecule has 3 N–H and O–H groups in total. The molecule has 2 aliphatic rings. The Labute approximate surface area is 267 Å². The molecule has 3 amide bonds. The molecule has 10 nitrogen and oxygen atoms in total. The number of aromatic amines is 1. The first-order chi connectivity index (χ1) is 21.9. The Morgan fingerprint density at radius 1 is 1.11 bits per heavy atom. The van der Waals surface area contributed by atoms with Gasteiger partial charge in [-0.2, -0.15) is 0 Å². The number of benzene rings is 1. The van der Waals surface area contributed by atoms with Crippen LogP contribution in [0, 0.1) is 12.8 Å². The fourth-order valence-electron chi connectivity index (χ4n) is 6.56. The smallest absolute Gasteiger partial charge is 0.252 e. The van der Waals surface area contributed by atoms with Gasteiger partial charge in [-0.15, -0.1) is 11.3 Å². The summed E-state index contributed by atoms with van der Waals surface area (Å²) >= 11 is 1.59. The van der Waals surface area contributed by atoms with Crippen LogP contribution in [0.4, 0.5) is 0 Å². The largest absolute Gasteiger partial charge is 0.349 e. The number of aryl methyl sites for hydroxylation is 1. The summed E-state index contributed by atoms with van der Waals surface area (Å²) in [5, 5.41) is 9.03. The highest BCUT2D eigenvalue weighted by Gasteiger charge is 2.30. The predicted molar refractivity (Wildman–Crippen MR) is 176 cm³/mol. The summed E-state index contributed by atoms with van der Waals surface area (Å²) in [6, 6.07) is 11.9. The van der Waals surface area contributed by atoms with Crippen molar-refractivity contribution in [3.05, 3.63) is 70.6 Å². The summed E-state index contributed by atoms with van der Waals surface area (Å²) < 4.78 is 0. The van der Waals surface area contributed by atoms with Crippen molar-refractivity contribution in [2.45, 2.75) is 65.1 Å². The second-order valence-corrected chi connectivity index (χ2v) is 13.2. The normalized spacial score (nSPS) is 17.0. The third-order valence-corrected chi connectivity index (χ3v) is 9.89. The highest BCUT2D eigenvalue weighted by atomic mass is 32.1. The summed E-state index contributed by atoms with van der Waals surface area (Å²) in [6.07, 6.45) is 7.68. The Kier molecular flexibility index (Phi) is 9.56. The third-order valence-electron chi connectivity index (χ3n) is 9.01. The third kappa shape index (κ3) is 7.26. The Bertz CT molecular complexity index is 1660. The Morgan fingerprint density at radius 2 is 1.93 bits per heavy atom. The highest BCUT2D eigenvalue weighted by Crippen LogP contribution is 2.34. The van der Waals surface area contributed by atoms with E-state index in [0.717, 1.165) is 45.6 Å². The summed E-state index contributed by atoms with van der Waals surface area (Å²) in [6.45, 7) is 5.86. The van der Waals surface area contributed by atoms with Crippen LogP contribution in [0.15, 0.2) is 48.0 Å². The number of rotatable bonds is 10. The molecule has 2 fully saturated rings. The molecule has 3 aromatic heterocycles. The zero-order valence-corrected chi connectivity index (χ0v) is 26.8. The van der Waals surface area contributed by atoms with E-state index in [2.05, 4.69) is 32.4 Å². The van der Waals surface area contributed by atoms with Crippen LogP contribution in [-0.4, -0.2) is 74.7 Å². The van der Waals surface area contributed by atoms with Gasteiger partial charge in [0.05, 0.1) is 41.3 Å². The minimum atomic E-state index is -0.226. The number of thiophene rings is 1. The number of carbonyl (C=O) groups excluding carboxylic acids is 3. The first-order valence-electron chi connectivity index (χ1n) is 15.9. The van der Waals surface area contributed by atoms with Gasteiger partial charge in [-0.05, 0) is 50.1 Å². The molecule has 0 unspecified atom stereocenters. The Balaban J connectivity index is 1.22. The van der Waals surface area contributed by atoms with Gasteiger partial charge >= 0.3 is 0 Å². The maximum atomic E-state index is 14.2. The zero-order chi connectivity index (χ0) is 31.3. The number of aromatic nitrogens is 3. The minimum Gasteiger partial charge on any atom is -0.349 e. The summed E-state index contributed by atoms with van der Waals surface area (Å²) in [5.41, 5.74) is 3.94. The molecular weight excluding hydrogens is 586 g/mol. The summed E-state index contributed by atoms with van der Waals surface area (Å²) in [7, 11) is 0. The van der Waals surface area contributed by atoms with Crippen molar-refractivity contribution in [3.8, 4) is 10.6 Å². The first kappa shape index (κ1) is 30.9. The number of para-hydroxylation sites is 1. The molecule has 1 saturated carbocycles. The van der Waals surface area contributed by atoms with Crippen molar-refractivity contribution in [3.63, 3.8) is 0 Å². The van der Waals surface area contributed by atoms with Crippen LogP contribution in [0.5, 0.6) is 0 Å². The van der Waals surface area contributed by atoms with Gasteiger partial charge in [-0.25, -0.2) is 9.97 Å². The molecule has 236 valence electrons. The quantitative estimate of drug-likeness (QED) is 0.235. The summed E-state index contributed by atoms with van der Waals surface area (Å²) in [5.74, 6) is 0.717. The topological polar surface area (TPSA) is 123 Å². The second-order valence-electron chi connectivity index (χ2n) is 12.3. The number of imidazole rings is 1. The molecule has 1 aliphatic carbocycles. The monoisotopic (exact) mass is 627 g/mol. The van der Waals surface area contributed by atoms with Crippen molar-refractivity contribution in [2.24, 2.45) is 5.92 Å². The maximum Gasteiger partial charge on any atom is 0.252 e. The fraction of sp³-hybridized carbons (Fsp3) is 0.441. The number of H-pyrrole nitrogens is 1. The van der Waals surface area contributed by atoms with E-state index in [0.29, 0.717) is 36.9 Å². The number of nitrogens with one attached hydrogen (secondary N) is 3. The van der Waals surface area contributed by atoms with Crippen LogP contribution in [0.25, 0.3) is 21.5 Å². The number of piperazine rings is 1. The molecule has 1 atom stereocenters. The lowest BCUT2D eigenvalue weighted by Gasteiger charge is -2.34. The predicted octanol–water partition coefficient (Wildman–Crippen LogP) is 4.65. The molecular formula is C34H41N7O3S. The summed E-state index contributed by atoms with van der Waals surface area (Å²) in [4.78, 5) is 57.1. The SMILES string of the molecule is Cc1cnc(CNC(=O)CN2CCN(Cc3c(-c4cccs4)nc4ccccc4c3C(=O)N[C@@H](C)C3CCCCC3)CC2=O)[nH]1. The number of fused-ring (bicyclic) bond motifs is 1. The van der Waals surface area contributed by atoms with Gasteiger partial charge in [0.1, 0.15) is 5.82 Å². The van der Waals surface area contributed by atoms with Crippen LogP contribution >= 0.6 is 11.3 Å². The molecule has 6 rings (SSSR count). The van der Waals surface area contributed by atoms with E-state index < -0.39 is 0 Å². The van der Waals surface area contributed by atoms with Crippen LogP contribution in [0.2, 0.25) is 0 Å². The highest BCUT2D eigenvalue weighted by molar-refractivity contribution is 7.13. The van der Waals surface area contributed by atoms with Crippen LogP contribution in [-0.2, 0) is 22.7 Å². The molecule has 1 aromatic carbocycles. The maximum absolute atomic E-state index is 14.2. The molecule has 1 saturated heterocycles. The molecule has 0 spiro atoms. The van der Waals surface area contributed by atoms with Crippen molar-refractivity contribution < 1.29 is 14.4 Å². The van der Waals surface area contributed by atoms with Gasteiger partial charge in [0.25, 0.3) is 5.91 Å². The van der Waals surface area contributed by atoms with Crippen molar-refractivity contribution >= 4 is 40.0 Å². The molecule has 4 heterocycles. The van der Waals surface area contributed by atoms with Crippen LogP contribution in [0.3, 0.4) is 0 Å². The lowest BCUT2D eigenvalue weighted by atomic mass is 9.84. The number of hydrogen-bond donors (Lipinski definition) is 3. The average molecular weight is 628 g/mol. The van der Waals surface area contributed by atoms with E-state index >= 15 is 0 Å². The number of hydrogen-bond acceptors (Lipinski definition) is 7. The van der Waals surface area contributed by atoms with Gasteiger partial charge in [-0.1, -0.05) is 43.5 Å². The lowest BCUT2D eigenvalue weighted by Crippen LogP contribution is -2.52. The van der Waals surface area contributed by atoms with E-state index in [-0.39, 0.29) is 43.4 Å². The van der Waals surface area contributed by atoms with E-state index in [1.807, 2.05) is 48.7 Å². The molecule has 4 aromatic rings. The van der Waals surface area contributed by atoms with E-state index in [9.17, 15) is 14.4 Å². The van der Waals surface area contributed by atoms with Crippen LogP contribution < -0.4 is 10.6 Å². The second kappa shape index (κ2) is 13.9. The van der Waals surface area contributed by atoms with Crippen molar-refractivity contribution in [1.29, 1.82) is 0 Å². The van der Waals surface area contributed by atoms with Crippen molar-refractivity contribution in [1.82, 2.24) is 35.4 Å². The Morgan fingerprint density at radius 3 is 2.67 bits per heavy atom. The van der Waals surface area contributed by atoms with Gasteiger partial charge < -0.3 is 20.5 Å². The molecule has 45 heavy (non-hydrogen) atoms. The van der Waals surface area contributed by atoms with E-state index in [1.54, 1.807) is 22.4 Å². The molecule has 11 heteroatoms. The first-order valence-corrected chi connectivity index (χ1v) is 16.8. The minimum absolute atomic E-state index is 0.00293. The van der Waals surface area contributed by atoms with Gasteiger partial charge in [0.2, 0.25) is 11.8 Å². The number of amides is 3.